The minimum Gasteiger partial charge on any atom is -0.608 e. The van der Waals surface area contributed by atoms with E-state index in [0.29, 0.717) is 0 Å². The molecule has 2 aromatic carbocycles. The van der Waals surface area contributed by atoms with Crippen LogP contribution in [0.5, 0.6) is 0 Å². The van der Waals surface area contributed by atoms with E-state index in [4.69, 9.17) is 4.74 Å². The number of hydrogen-bond donors (Lipinski definition) is 0. The van der Waals surface area contributed by atoms with Gasteiger partial charge in [-0.15, -0.1) is 0 Å². The highest BCUT2D eigenvalue weighted by Crippen LogP contribution is 2.42. The molecule has 23 heavy (non-hydrogen) atoms. The monoisotopic (exact) mass is 325 g/mol. The van der Waals surface area contributed by atoms with E-state index >= 15 is 0 Å². The molecule has 0 unspecified atom stereocenters. The Morgan fingerprint density at radius 1 is 0.957 bits per heavy atom. The molecule has 0 atom stereocenters. The maximum atomic E-state index is 12.1. The second-order valence-corrected chi connectivity index (χ2v) is 8.45. The van der Waals surface area contributed by atoms with Crippen LogP contribution in [0.2, 0.25) is 0 Å². The number of ether oxygens (including phenoxy) is 1. The number of benzene rings is 2. The van der Waals surface area contributed by atoms with Gasteiger partial charge in [-0.1, -0.05) is 88.0 Å². The zero-order valence-electron chi connectivity index (χ0n) is 13.8. The van der Waals surface area contributed by atoms with Crippen LogP contribution in [-0.2, 0) is 4.74 Å². The Morgan fingerprint density at radius 2 is 1.39 bits per heavy atom. The average Bonchev–Trinajstić information content (AvgIpc) is 2.47. The molecule has 0 fully saturated rings. The smallest absolute Gasteiger partial charge is 0.0523 e. The Morgan fingerprint density at radius 3 is 1.78 bits per heavy atom. The highest BCUT2D eigenvalue weighted by atomic mass is 31.1. The summed E-state index contributed by atoms with van der Waals surface area (Å²) in [4.78, 5) is 0. The van der Waals surface area contributed by atoms with Gasteiger partial charge in [-0.25, -0.2) is 0 Å². The Balaban J connectivity index is 2.35. The summed E-state index contributed by atoms with van der Waals surface area (Å²) in [6.07, 6.45) is 1.52. The highest BCUT2D eigenvalue weighted by Gasteiger charge is 2.16. The summed E-state index contributed by atoms with van der Waals surface area (Å²) in [5.41, 5.74) is -0.504. The van der Waals surface area contributed by atoms with Crippen LogP contribution in [0.1, 0.15) is 20.8 Å². The van der Waals surface area contributed by atoms with Crippen molar-refractivity contribution >= 4 is 18.5 Å². The Kier molecular flexibility index (Phi) is 5.63. The molecule has 0 aromatic heterocycles. The van der Waals surface area contributed by atoms with Gasteiger partial charge in [-0.3, -0.25) is 0 Å². The zero-order valence-corrected chi connectivity index (χ0v) is 14.7. The fourth-order valence-electron chi connectivity index (χ4n) is 2.17. The quantitative estimate of drug-likeness (QED) is 0.477. The molecule has 2 nitrogen and oxygen atoms in total. The van der Waals surface area contributed by atoms with E-state index in [1.54, 1.807) is 0 Å². The van der Waals surface area contributed by atoms with Crippen molar-refractivity contribution in [2.75, 3.05) is 0 Å². The SMILES string of the molecule is C=C(/C=C(\[O-])OC(C)(C)C)P(c1ccccc1)c1ccccc1. The van der Waals surface area contributed by atoms with Crippen LogP contribution in [0, 0.1) is 0 Å². The number of rotatable bonds is 5. The molecule has 0 radical (unpaired) electrons. The summed E-state index contributed by atoms with van der Waals surface area (Å²) in [7, 11) is -0.837. The second kappa shape index (κ2) is 7.48. The van der Waals surface area contributed by atoms with E-state index in [1.165, 1.54) is 16.7 Å². The molecule has 0 saturated heterocycles. The van der Waals surface area contributed by atoms with Crippen LogP contribution in [0.15, 0.2) is 84.6 Å². The molecule has 0 aliphatic carbocycles. The van der Waals surface area contributed by atoms with Crippen molar-refractivity contribution in [1.29, 1.82) is 0 Å². The topological polar surface area (TPSA) is 32.3 Å². The zero-order chi connectivity index (χ0) is 16.9. The highest BCUT2D eigenvalue weighted by molar-refractivity contribution is 7.77. The summed E-state index contributed by atoms with van der Waals surface area (Å²) in [5, 5.41) is 15.2. The molecule has 2 rings (SSSR count). The molecule has 0 heterocycles. The van der Waals surface area contributed by atoms with Crippen LogP contribution in [0.4, 0.5) is 0 Å². The van der Waals surface area contributed by atoms with Crippen LogP contribution in [-0.4, -0.2) is 5.60 Å². The third-order valence-electron chi connectivity index (χ3n) is 3.01. The third-order valence-corrected chi connectivity index (χ3v) is 5.34. The van der Waals surface area contributed by atoms with E-state index in [-0.39, 0.29) is 5.95 Å². The van der Waals surface area contributed by atoms with Gasteiger partial charge in [0.25, 0.3) is 0 Å². The van der Waals surface area contributed by atoms with Crippen LogP contribution < -0.4 is 15.7 Å². The van der Waals surface area contributed by atoms with Gasteiger partial charge in [0.05, 0.1) is 5.95 Å². The van der Waals surface area contributed by atoms with Gasteiger partial charge in [0.15, 0.2) is 0 Å². The first-order valence-electron chi connectivity index (χ1n) is 7.54. The largest absolute Gasteiger partial charge is 0.608 e. The van der Waals surface area contributed by atoms with E-state index in [9.17, 15) is 5.11 Å². The molecular formula is C20H22O2P-. The normalized spacial score (nSPS) is 12.3. The predicted octanol–water partition coefficient (Wildman–Crippen LogP) is 3.65. The predicted molar refractivity (Wildman–Crippen MR) is 97.1 cm³/mol. The van der Waals surface area contributed by atoms with Crippen molar-refractivity contribution in [3.05, 3.63) is 84.6 Å². The lowest BCUT2D eigenvalue weighted by Gasteiger charge is -2.31. The van der Waals surface area contributed by atoms with Gasteiger partial charge >= 0.3 is 0 Å². The van der Waals surface area contributed by atoms with E-state index in [2.05, 4.69) is 30.8 Å². The fraction of sp³-hybridized carbons (Fsp3) is 0.200. The molecule has 0 N–H and O–H groups in total. The summed E-state index contributed by atoms with van der Waals surface area (Å²) in [5.74, 6) is -0.345. The van der Waals surface area contributed by atoms with Crippen molar-refractivity contribution in [2.24, 2.45) is 0 Å². The molecule has 0 aliphatic rings. The Hall–Kier alpha value is -2.05. The van der Waals surface area contributed by atoms with Crippen molar-refractivity contribution < 1.29 is 9.84 Å². The molecule has 2 aromatic rings. The first-order valence-corrected chi connectivity index (χ1v) is 8.88. The van der Waals surface area contributed by atoms with Gasteiger partial charge in [-0.2, -0.15) is 0 Å². The number of hydrogen-bond acceptors (Lipinski definition) is 2. The van der Waals surface area contributed by atoms with Crippen molar-refractivity contribution in [3.63, 3.8) is 0 Å². The minimum absolute atomic E-state index is 0.345. The molecule has 0 bridgehead atoms. The summed E-state index contributed by atoms with van der Waals surface area (Å²) in [6.45, 7) is 9.73. The number of allylic oxidation sites excluding steroid dienone is 2. The molecular weight excluding hydrogens is 303 g/mol. The van der Waals surface area contributed by atoms with Gasteiger partial charge in [0.1, 0.15) is 0 Å². The van der Waals surface area contributed by atoms with Gasteiger partial charge in [0, 0.05) is 5.60 Å². The Labute approximate surface area is 139 Å². The lowest BCUT2D eigenvalue weighted by Crippen LogP contribution is -2.24. The fourth-order valence-corrected chi connectivity index (χ4v) is 4.30. The average molecular weight is 325 g/mol. The molecule has 0 amide bonds. The first kappa shape index (κ1) is 17.3. The first-order chi connectivity index (χ1) is 10.9. The van der Waals surface area contributed by atoms with Crippen molar-refractivity contribution in [3.8, 4) is 0 Å². The van der Waals surface area contributed by atoms with E-state index < -0.39 is 13.5 Å². The Bertz CT molecular complexity index is 630. The molecule has 0 aliphatic heterocycles. The van der Waals surface area contributed by atoms with Gasteiger partial charge in [-0.05, 0) is 29.9 Å². The van der Waals surface area contributed by atoms with Gasteiger partial charge in [0.2, 0.25) is 0 Å². The lowest BCUT2D eigenvalue weighted by molar-refractivity contribution is -0.368. The van der Waals surface area contributed by atoms with Crippen LogP contribution >= 0.6 is 7.92 Å². The van der Waals surface area contributed by atoms with Crippen molar-refractivity contribution in [2.45, 2.75) is 26.4 Å². The van der Waals surface area contributed by atoms with Crippen LogP contribution in [0.25, 0.3) is 0 Å². The maximum Gasteiger partial charge on any atom is 0.0523 e. The third kappa shape index (κ3) is 5.26. The molecule has 3 heteroatoms. The lowest BCUT2D eigenvalue weighted by atomic mass is 10.2. The van der Waals surface area contributed by atoms with Crippen LogP contribution in [0.3, 0.4) is 0 Å². The summed E-state index contributed by atoms with van der Waals surface area (Å²) < 4.78 is 5.39. The molecule has 120 valence electrons. The molecule has 0 spiro atoms. The maximum absolute atomic E-state index is 12.1. The van der Waals surface area contributed by atoms with Gasteiger partial charge < -0.3 is 9.84 Å². The standard InChI is InChI=1S/C20H23O2P/c1-16(15-19(21)22-20(2,3)4)23(17-11-7-5-8-12-17)18-13-9-6-10-14-18/h5-15,21H,1H2,2-4H3/p-1/b19-15+. The molecule has 0 saturated carbocycles. The van der Waals surface area contributed by atoms with E-state index in [1.807, 2.05) is 57.2 Å². The second-order valence-electron chi connectivity index (χ2n) is 6.18. The van der Waals surface area contributed by atoms with E-state index in [0.717, 1.165) is 5.31 Å². The van der Waals surface area contributed by atoms with Crippen molar-refractivity contribution in [1.82, 2.24) is 0 Å². The summed E-state index contributed by atoms with van der Waals surface area (Å²) in [6, 6.07) is 20.3. The summed E-state index contributed by atoms with van der Waals surface area (Å²) >= 11 is 0. The minimum atomic E-state index is -0.837.